The summed E-state index contributed by atoms with van der Waals surface area (Å²) in [5.41, 5.74) is 14.1. The van der Waals surface area contributed by atoms with E-state index in [0.717, 1.165) is 67.6 Å². The molecule has 0 unspecified atom stereocenters. The van der Waals surface area contributed by atoms with E-state index in [1.165, 1.54) is 46.5 Å². The number of hydrogen-bond acceptors (Lipinski definition) is 4. The minimum absolute atomic E-state index is 0.0316. The molecule has 99 heavy (non-hydrogen) atoms. The fourth-order valence-corrected chi connectivity index (χ4v) is 23.6. The van der Waals surface area contributed by atoms with Crippen LogP contribution < -0.4 is 9.47 Å². The molecule has 0 radical (unpaired) electrons. The molecule has 10 rings (SSSR count). The first-order valence-electron chi connectivity index (χ1n) is 36.2. The average Bonchev–Trinajstić information content (AvgIpc) is 1.62. The first-order chi connectivity index (χ1) is 45.4. The Morgan fingerprint density at radius 3 is 0.879 bits per heavy atom. The molecule has 2 N–H and O–H groups in total. The van der Waals surface area contributed by atoms with E-state index in [0.29, 0.717) is 67.1 Å². The molecule has 0 aliphatic carbocycles. The van der Waals surface area contributed by atoms with Crippen LogP contribution in [0.3, 0.4) is 0 Å². The van der Waals surface area contributed by atoms with Crippen LogP contribution >= 0.6 is 0 Å². The summed E-state index contributed by atoms with van der Waals surface area (Å²) in [6.45, 7) is 62.3. The van der Waals surface area contributed by atoms with Crippen molar-refractivity contribution in [3.05, 3.63) is 177 Å². The molecule has 0 spiro atoms. The van der Waals surface area contributed by atoms with Gasteiger partial charge in [0, 0.05) is 0 Å². The Hall–Kier alpha value is -7.04. The SMILES string of the molecule is Cc1cc(F)cc(-c2cc(C(C)(C)CC(C)(C)C)cc(-n3c4cc(C(C)(C)C)ccc4c4ccc(C(C)(C)C)cc43)c2O)c1O[CH2][Ge]([CH2]Oc1c(C)cc(F)cc1-c1cc(C(C)(C)CC(C)(C)C)cc(-n2c3cc(C(C)(C)C)ccc3c3ccc(C(C)(C)C)cc32)c1O)([CH](C)C)[CH](C)C. The molecular weight excluding hydrogens is 1280 g/mol. The van der Waals surface area contributed by atoms with Crippen molar-refractivity contribution in [1.82, 2.24) is 9.13 Å². The summed E-state index contributed by atoms with van der Waals surface area (Å²) in [6, 6.07) is 41.6. The summed E-state index contributed by atoms with van der Waals surface area (Å²) in [5.74, 6) is 0.214. The third-order valence-corrected chi connectivity index (χ3v) is 34.0. The summed E-state index contributed by atoms with van der Waals surface area (Å²) >= 11 is -3.63. The molecule has 0 aliphatic rings. The molecule has 0 bridgehead atoms. The van der Waals surface area contributed by atoms with E-state index in [-0.39, 0.29) is 53.5 Å². The molecule has 0 saturated carbocycles. The quantitative estimate of drug-likeness (QED) is 0.0946. The second-order valence-corrected chi connectivity index (χ2v) is 49.2. The molecule has 0 fully saturated rings. The van der Waals surface area contributed by atoms with Gasteiger partial charge in [-0.25, -0.2) is 0 Å². The second-order valence-electron chi connectivity index (χ2n) is 37.9. The predicted molar refractivity (Wildman–Crippen MR) is 421 cm³/mol. The zero-order valence-electron chi connectivity index (χ0n) is 65.4. The normalized spacial score (nSPS) is 13.6. The van der Waals surface area contributed by atoms with Crippen LogP contribution in [0.2, 0.25) is 9.50 Å². The van der Waals surface area contributed by atoms with Gasteiger partial charge < -0.3 is 0 Å². The van der Waals surface area contributed by atoms with Gasteiger partial charge in [0.25, 0.3) is 0 Å². The molecule has 0 atom stereocenters. The maximum absolute atomic E-state index is 16.7. The third kappa shape index (κ3) is 14.7. The van der Waals surface area contributed by atoms with Gasteiger partial charge in [-0.1, -0.05) is 83.1 Å². The summed E-state index contributed by atoms with van der Waals surface area (Å²) < 4.78 is 53.2. The zero-order valence-corrected chi connectivity index (χ0v) is 67.5. The van der Waals surface area contributed by atoms with E-state index in [4.69, 9.17) is 9.47 Å². The molecule has 8 aromatic carbocycles. The van der Waals surface area contributed by atoms with Gasteiger partial charge in [-0.3, -0.25) is 0 Å². The Morgan fingerprint density at radius 1 is 0.364 bits per heavy atom. The Morgan fingerprint density at radius 2 is 0.636 bits per heavy atom. The molecule has 10 aromatic rings. The fourth-order valence-electron chi connectivity index (χ4n) is 16.1. The Kier molecular flexibility index (Phi) is 19.4. The minimum atomic E-state index is -3.63. The number of nitrogens with zero attached hydrogens (tertiary/aromatic N) is 2. The van der Waals surface area contributed by atoms with Gasteiger partial charge in [0.05, 0.1) is 0 Å². The van der Waals surface area contributed by atoms with Crippen molar-refractivity contribution in [2.75, 3.05) is 10.9 Å². The summed E-state index contributed by atoms with van der Waals surface area (Å²) in [6.07, 6.45) is 1.66. The van der Waals surface area contributed by atoms with Crippen molar-refractivity contribution in [2.24, 2.45) is 10.8 Å². The van der Waals surface area contributed by atoms with Gasteiger partial charge >= 0.3 is 516 Å². The summed E-state index contributed by atoms with van der Waals surface area (Å²) in [7, 11) is 0. The number of fused-ring (bicyclic) bond motifs is 6. The van der Waals surface area contributed by atoms with E-state index in [9.17, 15) is 10.2 Å². The predicted octanol–water partition coefficient (Wildman–Crippen LogP) is 25.9. The van der Waals surface area contributed by atoms with Crippen molar-refractivity contribution in [3.8, 4) is 56.6 Å². The van der Waals surface area contributed by atoms with E-state index >= 15 is 8.78 Å². The van der Waals surface area contributed by atoms with Crippen LogP contribution in [0.4, 0.5) is 8.78 Å². The van der Waals surface area contributed by atoms with Crippen molar-refractivity contribution in [3.63, 3.8) is 0 Å². The Balaban J connectivity index is 1.15. The number of phenolic OH excluding ortho intramolecular Hbond substituents is 2. The zero-order chi connectivity index (χ0) is 73.4. The number of ether oxygens (including phenoxy) is 2. The van der Waals surface area contributed by atoms with Gasteiger partial charge in [-0.05, 0) is 0 Å². The topological polar surface area (TPSA) is 68.8 Å². The number of rotatable bonds is 16. The summed E-state index contributed by atoms with van der Waals surface area (Å²) in [5, 5.41) is 31.4. The van der Waals surface area contributed by atoms with Crippen molar-refractivity contribution < 1.29 is 28.5 Å². The van der Waals surface area contributed by atoms with Gasteiger partial charge in [-0.15, -0.1) is 0 Å². The molecule has 528 valence electrons. The molecule has 6 nitrogen and oxygen atoms in total. The summed E-state index contributed by atoms with van der Waals surface area (Å²) in [4.78, 5) is 0. The van der Waals surface area contributed by atoms with Crippen LogP contribution in [0.1, 0.15) is 237 Å². The van der Waals surface area contributed by atoms with Crippen LogP contribution in [0.25, 0.3) is 77.2 Å². The van der Waals surface area contributed by atoms with E-state index in [1.54, 1.807) is 0 Å². The molecule has 9 heteroatoms. The first-order valence-corrected chi connectivity index (χ1v) is 41.6. The van der Waals surface area contributed by atoms with Crippen LogP contribution in [-0.2, 0) is 32.5 Å². The van der Waals surface area contributed by atoms with Gasteiger partial charge in [0.1, 0.15) is 0 Å². The molecule has 2 aromatic heterocycles. The van der Waals surface area contributed by atoms with E-state index in [1.807, 2.05) is 13.8 Å². The fraction of sp³-hybridized carbons (Fsp3) is 0.467. The molecule has 2 heterocycles. The number of aromatic nitrogens is 2. The molecule has 0 amide bonds. The molecule has 0 saturated heterocycles. The Labute approximate surface area is 595 Å². The number of aromatic hydroxyl groups is 2. The number of hydrogen-bond donors (Lipinski definition) is 2. The van der Waals surface area contributed by atoms with E-state index < -0.39 is 35.7 Å². The number of phenols is 2. The van der Waals surface area contributed by atoms with Crippen molar-refractivity contribution >= 4 is 56.9 Å². The second kappa shape index (κ2) is 25.8. The van der Waals surface area contributed by atoms with Gasteiger partial charge in [-0.2, -0.15) is 0 Å². The number of benzene rings is 8. The standard InChI is InChI=1S/C90H116F2GeN2O4/c1-53(2)93(54(3)4,51-98-81-55(5)37-63(91)47-71(81)69-39-61(89(25,26)49-83(7,8)9)45-77(79(69)96)94-73-41-57(85(13,14)15)29-33-65(73)66-34-30-58(42-74(66)94)86(16,17)18)52-99-82-56(6)38-64(92)48-72(82)70-40-62(90(27,28)50-84(10,11)12)46-78(80(70)97)95-75-43-59(87(19,20)21)31-35-67(75)68-36-32-60(44-76(68)95)88(22,23)24/h29-48,53-54,96-97H,49-52H2,1-28H3. The van der Waals surface area contributed by atoms with E-state index in [2.05, 4.69) is 286 Å². The van der Waals surface area contributed by atoms with Gasteiger partial charge in [0.15, 0.2) is 0 Å². The van der Waals surface area contributed by atoms with Crippen molar-refractivity contribution in [2.45, 2.75) is 249 Å². The van der Waals surface area contributed by atoms with Gasteiger partial charge in [0.2, 0.25) is 0 Å². The third-order valence-electron chi connectivity index (χ3n) is 21.5. The van der Waals surface area contributed by atoms with Crippen LogP contribution in [0.5, 0.6) is 23.0 Å². The Bertz CT molecular complexity index is 4310. The maximum atomic E-state index is 16.7. The molecular formula is C90H116F2GeN2O4. The number of aryl methyl sites for hydroxylation is 2. The van der Waals surface area contributed by atoms with Crippen LogP contribution in [-0.4, -0.2) is 43.5 Å². The van der Waals surface area contributed by atoms with Crippen molar-refractivity contribution in [1.29, 1.82) is 0 Å². The van der Waals surface area contributed by atoms with Crippen LogP contribution in [0, 0.1) is 36.3 Å². The first kappa shape index (κ1) is 74.6. The molecule has 0 aliphatic heterocycles. The number of halogens is 2. The monoisotopic (exact) mass is 1400 g/mol. The average molecular weight is 1400 g/mol. The van der Waals surface area contributed by atoms with Crippen LogP contribution in [0.15, 0.2) is 121 Å².